The van der Waals surface area contributed by atoms with Crippen LogP contribution in [-0.4, -0.2) is 42.5 Å². The van der Waals surface area contributed by atoms with Crippen molar-refractivity contribution in [2.75, 3.05) is 32.7 Å². The van der Waals surface area contributed by atoms with E-state index in [0.29, 0.717) is 0 Å². The molecule has 1 saturated heterocycles. The zero-order chi connectivity index (χ0) is 13.1. The SMILES string of the molecule is N#Cc1ccc(CN2CCN(CC3CC3)CC2)cc1. The second-order valence-electron chi connectivity index (χ2n) is 5.83. The summed E-state index contributed by atoms with van der Waals surface area (Å²) in [6, 6.07) is 10.2. The predicted octanol–water partition coefficient (Wildman–Crippen LogP) is 2.09. The third-order valence-corrected chi connectivity index (χ3v) is 4.17. The van der Waals surface area contributed by atoms with Crippen molar-refractivity contribution in [3.63, 3.8) is 0 Å². The molecule has 0 atom stereocenters. The van der Waals surface area contributed by atoms with Crippen LogP contribution >= 0.6 is 0 Å². The van der Waals surface area contributed by atoms with Crippen LogP contribution in [0.25, 0.3) is 0 Å². The van der Waals surface area contributed by atoms with Gasteiger partial charge in [-0.2, -0.15) is 5.26 Å². The Hall–Kier alpha value is -1.37. The first-order valence-electron chi connectivity index (χ1n) is 7.27. The van der Waals surface area contributed by atoms with E-state index in [4.69, 9.17) is 5.26 Å². The van der Waals surface area contributed by atoms with Crippen molar-refractivity contribution in [3.8, 4) is 6.07 Å². The molecule has 1 aromatic carbocycles. The van der Waals surface area contributed by atoms with Crippen molar-refractivity contribution in [1.29, 1.82) is 5.26 Å². The minimum absolute atomic E-state index is 0.748. The van der Waals surface area contributed by atoms with E-state index in [2.05, 4.69) is 28.0 Å². The molecule has 1 aromatic rings. The minimum Gasteiger partial charge on any atom is -0.301 e. The van der Waals surface area contributed by atoms with Crippen molar-refractivity contribution < 1.29 is 0 Å². The molecule has 0 N–H and O–H groups in total. The highest BCUT2D eigenvalue weighted by molar-refractivity contribution is 5.31. The lowest BCUT2D eigenvalue weighted by molar-refractivity contribution is 0.123. The van der Waals surface area contributed by atoms with E-state index in [0.717, 1.165) is 18.0 Å². The third kappa shape index (κ3) is 3.56. The maximum Gasteiger partial charge on any atom is 0.0991 e. The minimum atomic E-state index is 0.748. The number of rotatable bonds is 4. The summed E-state index contributed by atoms with van der Waals surface area (Å²) in [5.41, 5.74) is 2.06. The second-order valence-corrected chi connectivity index (χ2v) is 5.83. The average Bonchev–Trinajstić information content (AvgIpc) is 3.26. The quantitative estimate of drug-likeness (QED) is 0.825. The van der Waals surface area contributed by atoms with Crippen molar-refractivity contribution in [1.82, 2.24) is 9.80 Å². The highest BCUT2D eigenvalue weighted by Gasteiger charge is 2.26. The van der Waals surface area contributed by atoms with Gasteiger partial charge in [0.2, 0.25) is 0 Å². The standard InChI is InChI=1S/C16H21N3/c17-11-14-1-3-15(4-2-14)12-18-7-9-19(10-8-18)13-16-5-6-16/h1-4,16H,5-10,12-13H2. The number of hydrogen-bond donors (Lipinski definition) is 0. The lowest BCUT2D eigenvalue weighted by Gasteiger charge is -2.34. The summed E-state index contributed by atoms with van der Waals surface area (Å²) in [5, 5.41) is 8.79. The molecule has 0 spiro atoms. The monoisotopic (exact) mass is 255 g/mol. The van der Waals surface area contributed by atoms with E-state index in [1.54, 1.807) is 0 Å². The summed E-state index contributed by atoms with van der Waals surface area (Å²) in [7, 11) is 0. The number of nitriles is 1. The lowest BCUT2D eigenvalue weighted by atomic mass is 10.1. The van der Waals surface area contributed by atoms with Crippen LogP contribution < -0.4 is 0 Å². The van der Waals surface area contributed by atoms with Crippen LogP contribution in [0.1, 0.15) is 24.0 Å². The number of piperazine rings is 1. The van der Waals surface area contributed by atoms with Crippen LogP contribution in [0.15, 0.2) is 24.3 Å². The second kappa shape index (κ2) is 5.73. The van der Waals surface area contributed by atoms with Crippen LogP contribution in [-0.2, 0) is 6.54 Å². The summed E-state index contributed by atoms with van der Waals surface area (Å²) in [6.45, 7) is 7.12. The molecule has 1 saturated carbocycles. The van der Waals surface area contributed by atoms with Gasteiger partial charge in [-0.25, -0.2) is 0 Å². The van der Waals surface area contributed by atoms with Crippen LogP contribution in [0.3, 0.4) is 0 Å². The molecule has 2 aliphatic rings. The first-order valence-corrected chi connectivity index (χ1v) is 7.27. The van der Waals surface area contributed by atoms with Crippen LogP contribution in [0, 0.1) is 17.2 Å². The largest absolute Gasteiger partial charge is 0.301 e. The fourth-order valence-corrected chi connectivity index (χ4v) is 2.74. The van der Waals surface area contributed by atoms with Gasteiger partial charge in [-0.3, -0.25) is 4.90 Å². The van der Waals surface area contributed by atoms with Gasteiger partial charge in [0.25, 0.3) is 0 Å². The third-order valence-electron chi connectivity index (χ3n) is 4.17. The molecule has 0 aromatic heterocycles. The molecule has 100 valence electrons. The maximum atomic E-state index is 8.79. The van der Waals surface area contributed by atoms with Gasteiger partial charge in [0, 0.05) is 39.3 Å². The van der Waals surface area contributed by atoms with E-state index >= 15 is 0 Å². The normalized spacial score (nSPS) is 21.2. The molecule has 3 heteroatoms. The average molecular weight is 255 g/mol. The summed E-state index contributed by atoms with van der Waals surface area (Å²) in [6.07, 6.45) is 2.90. The number of hydrogen-bond acceptors (Lipinski definition) is 3. The molecule has 2 fully saturated rings. The molecule has 0 radical (unpaired) electrons. The molecule has 1 aliphatic carbocycles. The fraction of sp³-hybridized carbons (Fsp3) is 0.562. The zero-order valence-electron chi connectivity index (χ0n) is 11.4. The van der Waals surface area contributed by atoms with Gasteiger partial charge in [0.1, 0.15) is 0 Å². The molecule has 0 bridgehead atoms. The van der Waals surface area contributed by atoms with E-state index < -0.39 is 0 Å². The van der Waals surface area contributed by atoms with Gasteiger partial charge < -0.3 is 4.90 Å². The van der Waals surface area contributed by atoms with Crippen LogP contribution in [0.2, 0.25) is 0 Å². The molecule has 0 unspecified atom stereocenters. The van der Waals surface area contributed by atoms with Gasteiger partial charge in [-0.05, 0) is 36.5 Å². The fourth-order valence-electron chi connectivity index (χ4n) is 2.74. The Morgan fingerprint density at radius 3 is 2.21 bits per heavy atom. The molecular weight excluding hydrogens is 234 g/mol. The van der Waals surface area contributed by atoms with Gasteiger partial charge in [0.15, 0.2) is 0 Å². The highest BCUT2D eigenvalue weighted by Crippen LogP contribution is 2.29. The van der Waals surface area contributed by atoms with E-state index in [-0.39, 0.29) is 0 Å². The van der Waals surface area contributed by atoms with Crippen molar-refractivity contribution in [3.05, 3.63) is 35.4 Å². The predicted molar refractivity (Wildman–Crippen MR) is 75.6 cm³/mol. The Labute approximate surface area is 115 Å². The zero-order valence-corrected chi connectivity index (χ0v) is 11.4. The summed E-state index contributed by atoms with van der Waals surface area (Å²) in [4.78, 5) is 5.14. The molecule has 0 amide bonds. The Balaban J connectivity index is 1.46. The van der Waals surface area contributed by atoms with E-state index in [9.17, 15) is 0 Å². The van der Waals surface area contributed by atoms with Gasteiger partial charge in [-0.1, -0.05) is 12.1 Å². The van der Waals surface area contributed by atoms with Crippen LogP contribution in [0.5, 0.6) is 0 Å². The summed E-state index contributed by atoms with van der Waals surface area (Å²) in [5.74, 6) is 1.00. The van der Waals surface area contributed by atoms with Gasteiger partial charge >= 0.3 is 0 Å². The van der Waals surface area contributed by atoms with E-state index in [1.165, 1.54) is 51.1 Å². The molecule has 3 rings (SSSR count). The smallest absolute Gasteiger partial charge is 0.0991 e. The number of nitrogens with zero attached hydrogens (tertiary/aromatic N) is 3. The lowest BCUT2D eigenvalue weighted by Crippen LogP contribution is -2.46. The molecule has 1 heterocycles. The molecule has 3 nitrogen and oxygen atoms in total. The topological polar surface area (TPSA) is 30.3 Å². The molecular formula is C16H21N3. The summed E-state index contributed by atoms with van der Waals surface area (Å²) < 4.78 is 0. The molecule has 19 heavy (non-hydrogen) atoms. The Kier molecular flexibility index (Phi) is 3.82. The van der Waals surface area contributed by atoms with E-state index in [1.807, 2.05) is 12.1 Å². The van der Waals surface area contributed by atoms with Crippen LogP contribution in [0.4, 0.5) is 0 Å². The van der Waals surface area contributed by atoms with Gasteiger partial charge in [-0.15, -0.1) is 0 Å². The first kappa shape index (κ1) is 12.7. The van der Waals surface area contributed by atoms with Gasteiger partial charge in [0.05, 0.1) is 11.6 Å². The van der Waals surface area contributed by atoms with Crippen molar-refractivity contribution in [2.45, 2.75) is 19.4 Å². The first-order chi connectivity index (χ1) is 9.33. The Morgan fingerprint density at radius 2 is 1.63 bits per heavy atom. The summed E-state index contributed by atoms with van der Waals surface area (Å²) >= 11 is 0. The highest BCUT2D eigenvalue weighted by atomic mass is 15.3. The Bertz CT molecular complexity index is 448. The van der Waals surface area contributed by atoms with Crippen molar-refractivity contribution in [2.24, 2.45) is 5.92 Å². The Morgan fingerprint density at radius 1 is 1.00 bits per heavy atom. The van der Waals surface area contributed by atoms with Crippen molar-refractivity contribution >= 4 is 0 Å². The maximum absolute atomic E-state index is 8.79. The molecule has 1 aliphatic heterocycles. The number of benzene rings is 1.